The molecule has 1 aliphatic heterocycles. The summed E-state index contributed by atoms with van der Waals surface area (Å²) in [5.74, 6) is -0.714. The topological polar surface area (TPSA) is 197 Å². The minimum absolute atomic E-state index is 0.0113. The van der Waals surface area contributed by atoms with Crippen LogP contribution in [0, 0.1) is 5.21 Å². The number of aliphatic hydroxyl groups is 4. The first-order chi connectivity index (χ1) is 16.1. The van der Waals surface area contributed by atoms with Crippen LogP contribution in [0.5, 0.6) is 0 Å². The molecule has 0 radical (unpaired) electrons. The highest BCUT2D eigenvalue weighted by Gasteiger charge is 2.46. The third kappa shape index (κ3) is 8.16. The predicted molar refractivity (Wildman–Crippen MR) is 121 cm³/mol. The largest absolute Gasteiger partial charge is 0.605 e. The number of rotatable bonds is 11. The molecule has 0 spiro atoms. The number of benzene rings is 1. The van der Waals surface area contributed by atoms with Crippen molar-refractivity contribution < 1.29 is 51.8 Å². The van der Waals surface area contributed by atoms with Crippen LogP contribution in [0.2, 0.25) is 0 Å². The van der Waals surface area contributed by atoms with E-state index in [4.69, 9.17) is 19.1 Å². The molecule has 5 atom stereocenters. The first kappa shape index (κ1) is 28.5. The van der Waals surface area contributed by atoms with Crippen LogP contribution in [-0.4, -0.2) is 91.6 Å². The number of ether oxygens (including phenoxy) is 2. The molecule has 1 aliphatic rings. The van der Waals surface area contributed by atoms with E-state index in [1.54, 1.807) is 18.2 Å². The standard InChI is InChI=1S/C20H29NO11S2/c22-11-7-2-1-6-10-15(21(27)34(28,29)30)33-20-18(25)17(24)16(23)14(32-20)12-31-19(26)13-8-4-3-5-9-13/h3-5,8-9,14,16-18,20,22-25H,1-2,6-7,10-12H2,(H,28,29,30)/t14-,16-,17-,18-,20-/m1/s1. The van der Waals surface area contributed by atoms with Gasteiger partial charge >= 0.3 is 16.3 Å². The zero-order valence-electron chi connectivity index (χ0n) is 18.2. The Morgan fingerprint density at radius 3 is 2.32 bits per heavy atom. The predicted octanol–water partition coefficient (Wildman–Crippen LogP) is 0.0386. The SMILES string of the molecule is O=C(OC[C@H]1O[C@H](SC(CCCCCCO)=[N+]([O-])S(=O)(=O)O)[C@H](O)[C@H](O)[C@@H]1O)c1ccccc1. The summed E-state index contributed by atoms with van der Waals surface area (Å²) in [5.41, 5.74) is -1.17. The number of carbonyl (C=O) groups is 1. The van der Waals surface area contributed by atoms with Gasteiger partial charge in [0, 0.05) is 13.0 Å². The molecule has 1 saturated heterocycles. The normalized spacial score (nSPS) is 26.1. The summed E-state index contributed by atoms with van der Waals surface area (Å²) in [7, 11) is -5.15. The van der Waals surface area contributed by atoms with Crippen molar-refractivity contribution in [2.45, 2.75) is 62.0 Å². The minimum atomic E-state index is -5.15. The number of esters is 1. The lowest BCUT2D eigenvalue weighted by molar-refractivity contribution is -0.290. The van der Waals surface area contributed by atoms with Crippen LogP contribution >= 0.6 is 11.8 Å². The molecule has 0 unspecified atom stereocenters. The Bertz CT molecular complexity index is 926. The Labute approximate surface area is 201 Å². The molecule has 0 bridgehead atoms. The quantitative estimate of drug-likeness (QED) is 0.0382. The van der Waals surface area contributed by atoms with Crippen LogP contribution in [0.25, 0.3) is 0 Å². The summed E-state index contributed by atoms with van der Waals surface area (Å²) >= 11 is 0.470. The second-order valence-corrected chi connectivity index (χ2v) is 9.98. The molecule has 192 valence electrons. The van der Waals surface area contributed by atoms with E-state index in [2.05, 4.69) is 0 Å². The molecule has 1 aromatic rings. The third-order valence-electron chi connectivity index (χ3n) is 5.02. The van der Waals surface area contributed by atoms with E-state index in [0.29, 0.717) is 37.4 Å². The van der Waals surface area contributed by atoms with Gasteiger partial charge < -0.3 is 35.1 Å². The van der Waals surface area contributed by atoms with E-state index in [9.17, 15) is 33.7 Å². The van der Waals surface area contributed by atoms with E-state index in [1.807, 2.05) is 0 Å². The highest BCUT2D eigenvalue weighted by atomic mass is 32.2. The fourth-order valence-corrected chi connectivity index (χ4v) is 5.04. The first-order valence-electron chi connectivity index (χ1n) is 10.6. The monoisotopic (exact) mass is 523 g/mol. The van der Waals surface area contributed by atoms with E-state index < -0.39 is 61.9 Å². The van der Waals surface area contributed by atoms with Crippen molar-refractivity contribution in [3.63, 3.8) is 0 Å². The first-order valence-corrected chi connectivity index (χ1v) is 12.8. The molecule has 12 nitrogen and oxygen atoms in total. The average Bonchev–Trinajstić information content (AvgIpc) is 2.81. The second kappa shape index (κ2) is 13.3. The van der Waals surface area contributed by atoms with Gasteiger partial charge in [0.2, 0.25) is 5.04 Å². The highest BCUT2D eigenvalue weighted by Crippen LogP contribution is 2.31. The molecule has 1 fully saturated rings. The van der Waals surface area contributed by atoms with Crippen molar-refractivity contribution in [2.75, 3.05) is 13.2 Å². The number of hydrogen-bond acceptors (Lipinski definition) is 11. The van der Waals surface area contributed by atoms with Crippen LogP contribution in [-0.2, 0) is 19.8 Å². The van der Waals surface area contributed by atoms with Gasteiger partial charge in [-0.1, -0.05) is 35.2 Å². The van der Waals surface area contributed by atoms with E-state index in [1.165, 1.54) is 12.1 Å². The van der Waals surface area contributed by atoms with Crippen LogP contribution in [0.4, 0.5) is 0 Å². The van der Waals surface area contributed by atoms with Crippen LogP contribution in [0.15, 0.2) is 30.3 Å². The highest BCUT2D eigenvalue weighted by molar-refractivity contribution is 8.14. The number of aliphatic hydroxyl groups excluding tert-OH is 4. The molecule has 34 heavy (non-hydrogen) atoms. The average molecular weight is 524 g/mol. The van der Waals surface area contributed by atoms with E-state index in [0.717, 1.165) is 0 Å². The summed E-state index contributed by atoms with van der Waals surface area (Å²) < 4.78 is 42.0. The maximum absolute atomic E-state index is 12.2. The summed E-state index contributed by atoms with van der Waals surface area (Å²) in [4.78, 5) is 12.2. The molecule has 0 saturated carbocycles. The molecule has 0 aromatic heterocycles. The molecule has 1 heterocycles. The maximum Gasteiger partial charge on any atom is 0.518 e. The number of nitrogens with zero attached hydrogens (tertiary/aromatic N) is 1. The lowest BCUT2D eigenvalue weighted by Gasteiger charge is -2.39. The number of carbonyl (C=O) groups excluding carboxylic acids is 1. The van der Waals surface area contributed by atoms with Gasteiger partial charge in [-0.25, -0.2) is 9.35 Å². The van der Waals surface area contributed by atoms with Crippen LogP contribution < -0.4 is 0 Å². The summed E-state index contributed by atoms with van der Waals surface area (Å²) in [6.45, 7) is -0.506. The van der Waals surface area contributed by atoms with E-state index in [-0.39, 0.29) is 18.6 Å². The number of unbranched alkanes of at least 4 members (excludes halogenated alkanes) is 3. The zero-order valence-corrected chi connectivity index (χ0v) is 19.8. The Hall–Kier alpha value is -1.78. The molecule has 14 heteroatoms. The van der Waals surface area contributed by atoms with Gasteiger partial charge in [0.1, 0.15) is 36.5 Å². The summed E-state index contributed by atoms with van der Waals surface area (Å²) in [5, 5.41) is 51.3. The van der Waals surface area contributed by atoms with Crippen molar-refractivity contribution in [3.8, 4) is 0 Å². The molecule has 1 aromatic carbocycles. The van der Waals surface area contributed by atoms with Gasteiger partial charge in [-0.15, -0.1) is 8.42 Å². The molecular weight excluding hydrogens is 494 g/mol. The summed E-state index contributed by atoms with van der Waals surface area (Å²) in [6, 6.07) is 7.98. The third-order valence-corrected chi connectivity index (χ3v) is 7.04. The molecule has 5 N–H and O–H groups in total. The zero-order chi connectivity index (χ0) is 25.3. The Morgan fingerprint density at radius 1 is 1.06 bits per heavy atom. The van der Waals surface area contributed by atoms with Gasteiger partial charge in [-0.3, -0.25) is 0 Å². The molecule has 0 amide bonds. The van der Waals surface area contributed by atoms with Gasteiger partial charge in [-0.05, 0) is 36.7 Å². The van der Waals surface area contributed by atoms with Gasteiger partial charge in [0.05, 0.1) is 5.56 Å². The van der Waals surface area contributed by atoms with Crippen molar-refractivity contribution >= 4 is 33.1 Å². The van der Waals surface area contributed by atoms with Crippen LogP contribution in [0.1, 0.15) is 42.5 Å². The van der Waals surface area contributed by atoms with E-state index >= 15 is 0 Å². The van der Waals surface area contributed by atoms with Crippen molar-refractivity contribution in [1.29, 1.82) is 0 Å². The van der Waals surface area contributed by atoms with Crippen molar-refractivity contribution in [1.82, 2.24) is 0 Å². The smallest absolute Gasteiger partial charge is 0.518 e. The number of hydrogen-bond donors (Lipinski definition) is 5. The lowest BCUT2D eigenvalue weighted by Crippen LogP contribution is -2.58. The Kier molecular flexibility index (Phi) is 11.2. The van der Waals surface area contributed by atoms with Gasteiger partial charge in [-0.2, -0.15) is 0 Å². The van der Waals surface area contributed by atoms with Crippen molar-refractivity contribution in [3.05, 3.63) is 41.1 Å². The molecular formula is C20H29NO11S2. The van der Waals surface area contributed by atoms with Crippen LogP contribution in [0.3, 0.4) is 0 Å². The molecule has 0 aliphatic carbocycles. The number of thioether (sulfide) groups is 1. The minimum Gasteiger partial charge on any atom is -0.605 e. The molecule has 2 rings (SSSR count). The lowest BCUT2D eigenvalue weighted by atomic mass is 10.0. The second-order valence-electron chi connectivity index (χ2n) is 7.58. The maximum atomic E-state index is 12.2. The van der Waals surface area contributed by atoms with Crippen molar-refractivity contribution in [2.24, 2.45) is 0 Å². The summed E-state index contributed by atoms with van der Waals surface area (Å²) in [6.07, 6.45) is -4.45. The Morgan fingerprint density at radius 2 is 1.71 bits per heavy atom. The fourth-order valence-electron chi connectivity index (χ4n) is 3.16. The van der Waals surface area contributed by atoms with Gasteiger partial charge in [0.15, 0.2) is 0 Å². The fraction of sp³-hybridized carbons (Fsp3) is 0.600. The van der Waals surface area contributed by atoms with Gasteiger partial charge in [0.25, 0.3) is 0 Å². The Balaban J connectivity index is 2.11.